The Morgan fingerprint density at radius 3 is 2.45 bits per heavy atom. The lowest BCUT2D eigenvalue weighted by Gasteiger charge is -2.32. The Hall–Kier alpha value is -3.54. The first-order valence-corrected chi connectivity index (χ1v) is 14.2. The number of rotatable bonds is 6. The Morgan fingerprint density at radius 2 is 1.82 bits per heavy atom. The second kappa shape index (κ2) is 10.8. The summed E-state index contributed by atoms with van der Waals surface area (Å²) in [5, 5.41) is 15.1. The van der Waals surface area contributed by atoms with E-state index in [1.807, 2.05) is 16.3 Å². The molecular weight excluding hydrogens is 557 g/mol. The van der Waals surface area contributed by atoms with Gasteiger partial charge in [-0.3, -0.25) is 10.2 Å². The van der Waals surface area contributed by atoms with Crippen LogP contribution in [-0.4, -0.2) is 107 Å². The van der Waals surface area contributed by atoms with Gasteiger partial charge >= 0.3 is 12.3 Å². The molecule has 0 atom stereocenters. The number of piperazine rings is 1. The zero-order valence-corrected chi connectivity index (χ0v) is 22.2. The molecule has 0 spiro atoms. The number of anilines is 2. The van der Waals surface area contributed by atoms with Gasteiger partial charge in [0.25, 0.3) is 0 Å². The van der Waals surface area contributed by atoms with E-state index in [9.17, 15) is 26.4 Å². The topological polar surface area (TPSA) is 145 Å². The molecule has 0 radical (unpaired) electrons. The Bertz CT molecular complexity index is 1520. The molecule has 2 N–H and O–H groups in total. The van der Waals surface area contributed by atoms with Crippen LogP contribution in [0.25, 0.3) is 16.9 Å². The first-order chi connectivity index (χ1) is 18.9. The van der Waals surface area contributed by atoms with Crippen LogP contribution in [0.3, 0.4) is 0 Å². The molecule has 0 aliphatic carbocycles. The number of fused-ring (bicyclic) bond motifs is 1. The fourth-order valence-corrected chi connectivity index (χ4v) is 5.60. The standard InChI is InChI=1S/C23H27F3N8O5S/c1-40(37,38)33-4-2-31(3-5-33)13-15-10-18-21(32-6-8-39-9-7-32)29-20(30-34(18)14-15)16-12-27-19(28-22(35)36)11-17(16)23(24,25)26/h10-12,14H,2-9,13H2,1H3,(H,27,28)(H,35,36). The maximum absolute atomic E-state index is 14.0. The quantitative estimate of drug-likeness (QED) is 0.440. The molecule has 2 saturated heterocycles. The lowest BCUT2D eigenvalue weighted by Crippen LogP contribution is -2.47. The molecule has 17 heteroatoms. The van der Waals surface area contributed by atoms with Crippen LogP contribution >= 0.6 is 0 Å². The lowest BCUT2D eigenvalue weighted by molar-refractivity contribution is -0.137. The van der Waals surface area contributed by atoms with Crippen molar-refractivity contribution in [2.24, 2.45) is 0 Å². The molecule has 2 fully saturated rings. The summed E-state index contributed by atoms with van der Waals surface area (Å²) in [6.45, 7) is 4.10. The van der Waals surface area contributed by atoms with Gasteiger partial charge in [0.2, 0.25) is 10.0 Å². The van der Waals surface area contributed by atoms with Gasteiger partial charge in [-0.2, -0.15) is 17.5 Å². The number of carbonyl (C=O) groups is 1. The van der Waals surface area contributed by atoms with E-state index in [0.29, 0.717) is 76.4 Å². The van der Waals surface area contributed by atoms with Crippen LogP contribution in [0, 0.1) is 0 Å². The minimum absolute atomic E-state index is 0.223. The van der Waals surface area contributed by atoms with E-state index in [2.05, 4.69) is 20.0 Å². The number of nitrogens with one attached hydrogen (secondary N) is 1. The largest absolute Gasteiger partial charge is 0.465 e. The van der Waals surface area contributed by atoms with Crippen molar-refractivity contribution in [1.29, 1.82) is 0 Å². The van der Waals surface area contributed by atoms with Crippen LogP contribution in [0.5, 0.6) is 0 Å². The number of morpholine rings is 1. The molecule has 0 saturated carbocycles. The molecule has 0 unspecified atom stereocenters. The summed E-state index contributed by atoms with van der Waals surface area (Å²) in [4.78, 5) is 23.3. The van der Waals surface area contributed by atoms with Crippen LogP contribution in [0.15, 0.2) is 24.5 Å². The number of hydrogen-bond donors (Lipinski definition) is 2. The molecule has 13 nitrogen and oxygen atoms in total. The molecule has 0 bridgehead atoms. The Balaban J connectivity index is 1.53. The van der Waals surface area contributed by atoms with Crippen molar-refractivity contribution in [3.8, 4) is 11.4 Å². The molecule has 2 aliphatic heterocycles. The summed E-state index contributed by atoms with van der Waals surface area (Å²) in [5.41, 5.74) is -0.0910. The highest BCUT2D eigenvalue weighted by Gasteiger charge is 2.36. The third kappa shape index (κ3) is 6.11. The van der Waals surface area contributed by atoms with Crippen LogP contribution < -0.4 is 10.2 Å². The molecule has 3 aromatic rings. The Labute approximate surface area is 227 Å². The molecule has 5 heterocycles. The molecule has 1 amide bonds. The first-order valence-electron chi connectivity index (χ1n) is 12.4. The molecule has 2 aliphatic rings. The normalized spacial score (nSPS) is 17.9. The predicted octanol–water partition coefficient (Wildman–Crippen LogP) is 1.81. The summed E-state index contributed by atoms with van der Waals surface area (Å²) in [7, 11) is -3.26. The number of ether oxygens (including phenoxy) is 1. The summed E-state index contributed by atoms with van der Waals surface area (Å²) in [5.74, 6) is -0.265. The van der Waals surface area contributed by atoms with Crippen molar-refractivity contribution in [1.82, 2.24) is 28.8 Å². The average Bonchev–Trinajstić information content (AvgIpc) is 3.30. The van der Waals surface area contributed by atoms with Crippen LogP contribution in [0.4, 0.5) is 29.6 Å². The monoisotopic (exact) mass is 584 g/mol. The van der Waals surface area contributed by atoms with Crippen molar-refractivity contribution in [3.05, 3.63) is 35.7 Å². The maximum Gasteiger partial charge on any atom is 0.417 e. The van der Waals surface area contributed by atoms with E-state index < -0.39 is 39.2 Å². The second-order valence-electron chi connectivity index (χ2n) is 9.52. The zero-order chi connectivity index (χ0) is 28.7. The van der Waals surface area contributed by atoms with E-state index in [1.54, 1.807) is 6.20 Å². The molecule has 216 valence electrons. The Morgan fingerprint density at radius 1 is 1.12 bits per heavy atom. The molecule has 0 aromatic carbocycles. The molecule has 3 aromatic heterocycles. The summed E-state index contributed by atoms with van der Waals surface area (Å²) < 4.78 is 74.1. The van der Waals surface area contributed by atoms with Crippen LogP contribution in [-0.2, 0) is 27.5 Å². The average molecular weight is 585 g/mol. The molecule has 40 heavy (non-hydrogen) atoms. The number of amides is 1. The van der Waals surface area contributed by atoms with Gasteiger partial charge in [-0.1, -0.05) is 0 Å². The van der Waals surface area contributed by atoms with Crippen molar-refractivity contribution < 1.29 is 36.2 Å². The minimum Gasteiger partial charge on any atom is -0.465 e. The fraction of sp³-hybridized carbons (Fsp3) is 0.478. The van der Waals surface area contributed by atoms with Crippen molar-refractivity contribution in [2.45, 2.75) is 12.7 Å². The number of halogens is 3. The van der Waals surface area contributed by atoms with Crippen molar-refractivity contribution >= 4 is 33.3 Å². The van der Waals surface area contributed by atoms with Gasteiger partial charge in [0, 0.05) is 58.2 Å². The van der Waals surface area contributed by atoms with Gasteiger partial charge in [-0.15, -0.1) is 5.10 Å². The molecule has 5 rings (SSSR count). The van der Waals surface area contributed by atoms with Gasteiger partial charge < -0.3 is 14.7 Å². The van der Waals surface area contributed by atoms with E-state index in [1.165, 1.54) is 15.1 Å². The minimum atomic E-state index is -4.83. The SMILES string of the molecule is CS(=O)(=O)N1CCN(Cc2cc3c(N4CCOCC4)nc(-c4cnc(NC(=O)O)cc4C(F)(F)F)nn3c2)CC1. The van der Waals surface area contributed by atoms with Gasteiger partial charge in [-0.05, 0) is 17.7 Å². The smallest absolute Gasteiger partial charge is 0.417 e. The van der Waals surface area contributed by atoms with E-state index in [0.717, 1.165) is 11.8 Å². The third-order valence-corrected chi connectivity index (χ3v) is 8.01. The number of nitrogens with zero attached hydrogens (tertiary/aromatic N) is 7. The van der Waals surface area contributed by atoms with Gasteiger partial charge in [0.05, 0.1) is 30.6 Å². The number of alkyl halides is 3. The van der Waals surface area contributed by atoms with Gasteiger partial charge in [0.15, 0.2) is 11.6 Å². The number of hydrogen-bond acceptors (Lipinski definition) is 9. The summed E-state index contributed by atoms with van der Waals surface area (Å²) in [6, 6.07) is 2.49. The zero-order valence-electron chi connectivity index (χ0n) is 21.4. The predicted molar refractivity (Wildman–Crippen MR) is 138 cm³/mol. The highest BCUT2D eigenvalue weighted by Crippen LogP contribution is 2.38. The van der Waals surface area contributed by atoms with Gasteiger partial charge in [-0.25, -0.2) is 27.7 Å². The maximum atomic E-state index is 14.0. The fourth-order valence-electron chi connectivity index (χ4n) is 4.77. The summed E-state index contributed by atoms with van der Waals surface area (Å²) in [6.07, 6.45) is -2.57. The van der Waals surface area contributed by atoms with E-state index in [-0.39, 0.29) is 5.82 Å². The Kier molecular flexibility index (Phi) is 7.56. The second-order valence-corrected chi connectivity index (χ2v) is 11.5. The number of sulfonamides is 1. The summed E-state index contributed by atoms with van der Waals surface area (Å²) >= 11 is 0. The number of aromatic nitrogens is 4. The lowest BCUT2D eigenvalue weighted by atomic mass is 10.1. The highest BCUT2D eigenvalue weighted by atomic mass is 32.2. The van der Waals surface area contributed by atoms with Crippen LogP contribution in [0.1, 0.15) is 11.1 Å². The van der Waals surface area contributed by atoms with Crippen molar-refractivity contribution in [2.75, 3.05) is 69.0 Å². The third-order valence-electron chi connectivity index (χ3n) is 6.70. The van der Waals surface area contributed by atoms with Crippen LogP contribution in [0.2, 0.25) is 0 Å². The number of carboxylic acid groups (broad SMARTS) is 1. The van der Waals surface area contributed by atoms with E-state index >= 15 is 0 Å². The molecular formula is C23H27F3N8O5S. The van der Waals surface area contributed by atoms with E-state index in [4.69, 9.17) is 9.84 Å². The highest BCUT2D eigenvalue weighted by molar-refractivity contribution is 7.88. The van der Waals surface area contributed by atoms with Crippen molar-refractivity contribution in [3.63, 3.8) is 0 Å². The first kappa shape index (κ1) is 28.0. The van der Waals surface area contributed by atoms with Gasteiger partial charge in [0.1, 0.15) is 11.3 Å². The number of pyridine rings is 1.